The van der Waals surface area contributed by atoms with Crippen molar-refractivity contribution in [3.8, 4) is 11.4 Å². The van der Waals surface area contributed by atoms with Crippen LogP contribution < -0.4 is 11.1 Å². The Hall–Kier alpha value is -1.96. The molecule has 3 aromatic rings. The third-order valence-corrected chi connectivity index (χ3v) is 4.93. The summed E-state index contributed by atoms with van der Waals surface area (Å²) >= 11 is 7.75. The molecule has 0 aliphatic carbocycles. The molecule has 2 aromatic heterocycles. The second-order valence-electron chi connectivity index (χ2n) is 5.42. The van der Waals surface area contributed by atoms with Crippen LogP contribution in [0.25, 0.3) is 11.4 Å². The Morgan fingerprint density at radius 1 is 1.42 bits per heavy atom. The predicted octanol–water partition coefficient (Wildman–Crippen LogP) is 3.32. The molecule has 2 heterocycles. The Kier molecular flexibility index (Phi) is 5.13. The zero-order chi connectivity index (χ0) is 17.1. The summed E-state index contributed by atoms with van der Waals surface area (Å²) in [5.41, 5.74) is 7.58. The second-order valence-corrected chi connectivity index (χ2v) is 7.07. The fraction of sp³-hybridized carbons (Fsp3) is 0.250. The minimum Gasteiger partial charge on any atom is -0.373 e. The van der Waals surface area contributed by atoms with Crippen molar-refractivity contribution in [1.82, 2.24) is 14.8 Å². The van der Waals surface area contributed by atoms with E-state index in [0.717, 1.165) is 16.1 Å². The SMILES string of the molecule is Cn1ncnc1-c1cc(N[C@H](CN)Cc2cccc(F)c2)sc1Cl. The first-order chi connectivity index (χ1) is 11.6. The zero-order valence-corrected chi connectivity index (χ0v) is 14.6. The topological polar surface area (TPSA) is 68.8 Å². The number of aryl methyl sites for hydroxylation is 1. The number of hydrogen-bond acceptors (Lipinski definition) is 5. The molecule has 0 aliphatic heterocycles. The van der Waals surface area contributed by atoms with Gasteiger partial charge in [0.25, 0.3) is 0 Å². The molecule has 0 unspecified atom stereocenters. The molecular weight excluding hydrogens is 349 g/mol. The van der Waals surface area contributed by atoms with Crippen LogP contribution >= 0.6 is 22.9 Å². The highest BCUT2D eigenvalue weighted by atomic mass is 35.5. The maximum Gasteiger partial charge on any atom is 0.160 e. The van der Waals surface area contributed by atoms with Crippen LogP contribution in [0.3, 0.4) is 0 Å². The van der Waals surface area contributed by atoms with E-state index in [1.807, 2.05) is 19.2 Å². The molecule has 8 heteroatoms. The van der Waals surface area contributed by atoms with Gasteiger partial charge in [0.05, 0.1) is 10.6 Å². The van der Waals surface area contributed by atoms with Gasteiger partial charge in [-0.25, -0.2) is 14.1 Å². The molecule has 0 amide bonds. The smallest absolute Gasteiger partial charge is 0.160 e. The van der Waals surface area contributed by atoms with E-state index < -0.39 is 0 Å². The molecule has 5 nitrogen and oxygen atoms in total. The van der Waals surface area contributed by atoms with E-state index in [9.17, 15) is 4.39 Å². The molecular formula is C16H17ClFN5S. The van der Waals surface area contributed by atoms with E-state index in [1.54, 1.807) is 10.7 Å². The van der Waals surface area contributed by atoms with Gasteiger partial charge in [-0.3, -0.25) is 0 Å². The summed E-state index contributed by atoms with van der Waals surface area (Å²) in [5, 5.41) is 8.32. The maximum atomic E-state index is 13.3. The molecule has 0 spiro atoms. The number of nitrogens with one attached hydrogen (secondary N) is 1. The van der Waals surface area contributed by atoms with Crippen LogP contribution in [0.4, 0.5) is 9.39 Å². The lowest BCUT2D eigenvalue weighted by Crippen LogP contribution is -2.30. The lowest BCUT2D eigenvalue weighted by Gasteiger charge is -2.16. The van der Waals surface area contributed by atoms with Gasteiger partial charge in [-0.15, -0.1) is 11.3 Å². The molecule has 0 saturated carbocycles. The molecule has 3 rings (SSSR count). The average molecular weight is 366 g/mol. The lowest BCUT2D eigenvalue weighted by atomic mass is 10.1. The number of benzene rings is 1. The summed E-state index contributed by atoms with van der Waals surface area (Å²) in [5.74, 6) is 0.464. The number of nitrogens with two attached hydrogens (primary N) is 1. The van der Waals surface area contributed by atoms with Gasteiger partial charge < -0.3 is 11.1 Å². The van der Waals surface area contributed by atoms with Crippen LogP contribution in [-0.2, 0) is 13.5 Å². The molecule has 0 aliphatic rings. The molecule has 0 radical (unpaired) electrons. The molecule has 0 fully saturated rings. The Labute approximate surface area is 148 Å². The number of nitrogens with zero attached hydrogens (tertiary/aromatic N) is 3. The number of thiophene rings is 1. The van der Waals surface area contributed by atoms with E-state index in [4.69, 9.17) is 17.3 Å². The predicted molar refractivity (Wildman–Crippen MR) is 95.9 cm³/mol. The fourth-order valence-electron chi connectivity index (χ4n) is 2.48. The Balaban J connectivity index is 1.76. The van der Waals surface area contributed by atoms with E-state index in [-0.39, 0.29) is 11.9 Å². The van der Waals surface area contributed by atoms with Crippen LogP contribution in [0.2, 0.25) is 4.34 Å². The highest BCUT2D eigenvalue weighted by molar-refractivity contribution is 7.20. The van der Waals surface area contributed by atoms with Crippen molar-refractivity contribution in [3.63, 3.8) is 0 Å². The molecule has 1 aromatic carbocycles. The average Bonchev–Trinajstić information content (AvgIpc) is 3.12. The molecule has 126 valence electrons. The van der Waals surface area contributed by atoms with E-state index >= 15 is 0 Å². The highest BCUT2D eigenvalue weighted by Crippen LogP contribution is 2.37. The van der Waals surface area contributed by atoms with Crippen molar-refractivity contribution in [2.75, 3.05) is 11.9 Å². The normalized spacial score (nSPS) is 12.3. The summed E-state index contributed by atoms with van der Waals surface area (Å²) in [6, 6.07) is 8.46. The van der Waals surface area contributed by atoms with Crippen LogP contribution in [0, 0.1) is 5.82 Å². The number of halogens is 2. The molecule has 24 heavy (non-hydrogen) atoms. The quantitative estimate of drug-likeness (QED) is 0.703. The summed E-state index contributed by atoms with van der Waals surface area (Å²) in [6.45, 7) is 0.422. The van der Waals surface area contributed by atoms with Crippen LogP contribution in [0.5, 0.6) is 0 Å². The van der Waals surface area contributed by atoms with Crippen molar-refractivity contribution >= 4 is 27.9 Å². The Morgan fingerprint density at radius 3 is 2.92 bits per heavy atom. The summed E-state index contributed by atoms with van der Waals surface area (Å²) < 4.78 is 15.6. The van der Waals surface area contributed by atoms with Gasteiger partial charge in [0.1, 0.15) is 16.5 Å². The first-order valence-corrected chi connectivity index (χ1v) is 8.61. The van der Waals surface area contributed by atoms with Crippen molar-refractivity contribution in [3.05, 3.63) is 52.4 Å². The third-order valence-electron chi connectivity index (χ3n) is 3.64. The van der Waals surface area contributed by atoms with Crippen LogP contribution in [-0.4, -0.2) is 27.4 Å². The summed E-state index contributed by atoms with van der Waals surface area (Å²) in [4.78, 5) is 4.22. The van der Waals surface area contributed by atoms with Crippen LogP contribution in [0.1, 0.15) is 5.56 Å². The van der Waals surface area contributed by atoms with Crippen molar-refractivity contribution in [2.24, 2.45) is 12.8 Å². The number of anilines is 1. The van der Waals surface area contributed by atoms with Crippen molar-refractivity contribution < 1.29 is 4.39 Å². The minimum absolute atomic E-state index is 0.0196. The highest BCUT2D eigenvalue weighted by Gasteiger charge is 2.16. The number of hydrogen-bond donors (Lipinski definition) is 2. The number of aromatic nitrogens is 3. The van der Waals surface area contributed by atoms with Gasteiger partial charge in [-0.05, 0) is 30.2 Å². The molecule has 0 saturated heterocycles. The van der Waals surface area contributed by atoms with Crippen molar-refractivity contribution in [1.29, 1.82) is 0 Å². The first-order valence-electron chi connectivity index (χ1n) is 7.41. The third kappa shape index (κ3) is 3.75. The standard InChI is InChI=1S/C16H17ClFN5S/c1-23-16(20-9-21-23)13-7-14(24-15(13)17)22-12(8-19)6-10-3-2-4-11(18)5-10/h2-5,7,9,12,22H,6,8,19H2,1H3/t12-/m0/s1. The van der Waals surface area contributed by atoms with Gasteiger partial charge in [-0.2, -0.15) is 5.10 Å². The molecule has 0 bridgehead atoms. The minimum atomic E-state index is -0.244. The largest absolute Gasteiger partial charge is 0.373 e. The van der Waals surface area contributed by atoms with Gasteiger partial charge >= 0.3 is 0 Å². The van der Waals surface area contributed by atoms with E-state index in [0.29, 0.717) is 23.1 Å². The van der Waals surface area contributed by atoms with Gasteiger partial charge in [-0.1, -0.05) is 23.7 Å². The fourth-order valence-corrected chi connectivity index (χ4v) is 3.72. The van der Waals surface area contributed by atoms with Crippen LogP contribution in [0.15, 0.2) is 36.7 Å². The molecule has 1 atom stereocenters. The maximum absolute atomic E-state index is 13.3. The second kappa shape index (κ2) is 7.29. The number of rotatable bonds is 6. The summed E-state index contributed by atoms with van der Waals surface area (Å²) in [6.07, 6.45) is 2.12. The zero-order valence-electron chi connectivity index (χ0n) is 13.0. The van der Waals surface area contributed by atoms with E-state index in [2.05, 4.69) is 15.4 Å². The molecule has 3 N–H and O–H groups in total. The Bertz CT molecular complexity index is 831. The lowest BCUT2D eigenvalue weighted by molar-refractivity contribution is 0.622. The van der Waals surface area contributed by atoms with Gasteiger partial charge in [0, 0.05) is 19.6 Å². The van der Waals surface area contributed by atoms with Gasteiger partial charge in [0.15, 0.2) is 5.82 Å². The monoisotopic (exact) mass is 365 g/mol. The van der Waals surface area contributed by atoms with Gasteiger partial charge in [0.2, 0.25) is 0 Å². The first kappa shape index (κ1) is 16.9. The summed E-state index contributed by atoms with van der Waals surface area (Å²) in [7, 11) is 1.82. The Morgan fingerprint density at radius 2 is 2.25 bits per heavy atom. The van der Waals surface area contributed by atoms with Crippen molar-refractivity contribution in [2.45, 2.75) is 12.5 Å². The van der Waals surface area contributed by atoms with E-state index in [1.165, 1.54) is 29.8 Å².